The summed E-state index contributed by atoms with van der Waals surface area (Å²) in [5, 5.41) is 9.54. The Labute approximate surface area is 222 Å². The Morgan fingerprint density at radius 3 is 2.37 bits per heavy atom. The van der Waals surface area contributed by atoms with E-state index in [1.54, 1.807) is 4.57 Å². The first-order valence-electron chi connectivity index (χ1n) is 14.1. The molecule has 38 heavy (non-hydrogen) atoms. The Balaban J connectivity index is 1.19. The lowest BCUT2D eigenvalue weighted by molar-refractivity contribution is -0.133. The molecule has 0 N–H and O–H groups in total. The Hall–Kier alpha value is -3.52. The zero-order chi connectivity index (χ0) is 25.9. The van der Waals surface area contributed by atoms with Crippen LogP contribution in [0.5, 0.6) is 0 Å². The fourth-order valence-electron chi connectivity index (χ4n) is 6.22. The number of carbonyl (C=O) groups excluding carboxylic acids is 1. The van der Waals surface area contributed by atoms with Crippen LogP contribution in [0.4, 0.5) is 0 Å². The molecule has 6 rings (SSSR count). The molecule has 1 aliphatic carbocycles. The summed E-state index contributed by atoms with van der Waals surface area (Å²) in [6, 6.07) is 18.5. The summed E-state index contributed by atoms with van der Waals surface area (Å²) in [4.78, 5) is 31.2. The van der Waals surface area contributed by atoms with E-state index >= 15 is 0 Å². The second-order valence-corrected chi connectivity index (χ2v) is 10.7. The first-order chi connectivity index (χ1) is 18.7. The molecule has 0 radical (unpaired) electrons. The minimum Gasteiger partial charge on any atom is -0.340 e. The number of amides is 1. The van der Waals surface area contributed by atoms with Crippen LogP contribution in [0.3, 0.4) is 0 Å². The maximum Gasteiger partial charge on any atom is 0.262 e. The lowest BCUT2D eigenvalue weighted by Gasteiger charge is -2.40. The predicted molar refractivity (Wildman–Crippen MR) is 148 cm³/mol. The number of piperazine rings is 1. The lowest BCUT2D eigenvalue weighted by Crippen LogP contribution is -2.52. The molecule has 8 heteroatoms. The highest BCUT2D eigenvalue weighted by Gasteiger charge is 2.27. The molecule has 198 valence electrons. The average Bonchev–Trinajstić information content (AvgIpc) is 3.41. The van der Waals surface area contributed by atoms with Crippen LogP contribution in [0.25, 0.3) is 16.7 Å². The van der Waals surface area contributed by atoms with Gasteiger partial charge in [-0.3, -0.25) is 23.5 Å². The standard InChI is InChI=1S/C30H36N6O2/c37-28(34-21-19-33(20-22-34)24-11-5-2-6-12-24)16-15-27-31-32-30-35(18-17-23-9-3-1-4-10-23)29(38)25-13-7-8-14-26(25)36(27)30/h1,3-4,7-10,13-14,24H,2,5-6,11-12,15-22H2. The summed E-state index contributed by atoms with van der Waals surface area (Å²) in [5.74, 6) is 1.43. The van der Waals surface area contributed by atoms with Crippen molar-refractivity contribution in [1.82, 2.24) is 29.0 Å². The van der Waals surface area contributed by atoms with E-state index in [0.29, 0.717) is 36.6 Å². The van der Waals surface area contributed by atoms with E-state index in [9.17, 15) is 9.59 Å². The number of carbonyl (C=O) groups is 1. The fourth-order valence-corrected chi connectivity index (χ4v) is 6.22. The van der Waals surface area contributed by atoms with Gasteiger partial charge in [0.25, 0.3) is 5.56 Å². The van der Waals surface area contributed by atoms with Crippen molar-refractivity contribution in [2.24, 2.45) is 0 Å². The molecule has 3 heterocycles. The molecular weight excluding hydrogens is 476 g/mol. The van der Waals surface area contributed by atoms with Crippen molar-refractivity contribution in [2.45, 2.75) is 64.0 Å². The molecule has 2 aromatic heterocycles. The number of para-hydroxylation sites is 1. The van der Waals surface area contributed by atoms with Gasteiger partial charge in [-0.1, -0.05) is 61.7 Å². The van der Waals surface area contributed by atoms with Crippen LogP contribution in [0, 0.1) is 0 Å². The Morgan fingerprint density at radius 1 is 0.842 bits per heavy atom. The second-order valence-electron chi connectivity index (χ2n) is 10.7. The van der Waals surface area contributed by atoms with Crippen molar-refractivity contribution < 1.29 is 4.79 Å². The molecule has 0 atom stereocenters. The average molecular weight is 513 g/mol. The molecule has 4 aromatic rings. The number of aryl methyl sites for hydroxylation is 3. The minimum atomic E-state index is -0.0603. The maximum atomic E-state index is 13.4. The number of nitrogens with zero attached hydrogens (tertiary/aromatic N) is 6. The molecule has 1 saturated carbocycles. The van der Waals surface area contributed by atoms with Crippen LogP contribution in [0.2, 0.25) is 0 Å². The summed E-state index contributed by atoms with van der Waals surface area (Å²) in [7, 11) is 0. The Morgan fingerprint density at radius 2 is 1.58 bits per heavy atom. The van der Waals surface area contributed by atoms with Crippen molar-refractivity contribution in [3.63, 3.8) is 0 Å². The predicted octanol–water partition coefficient (Wildman–Crippen LogP) is 3.70. The van der Waals surface area contributed by atoms with Crippen molar-refractivity contribution in [3.8, 4) is 0 Å². The van der Waals surface area contributed by atoms with Crippen LogP contribution in [-0.2, 0) is 24.2 Å². The summed E-state index contributed by atoms with van der Waals surface area (Å²) >= 11 is 0. The van der Waals surface area contributed by atoms with Crippen LogP contribution >= 0.6 is 0 Å². The van der Waals surface area contributed by atoms with Gasteiger partial charge in [0.15, 0.2) is 0 Å². The van der Waals surface area contributed by atoms with E-state index in [4.69, 9.17) is 0 Å². The zero-order valence-electron chi connectivity index (χ0n) is 22.0. The van der Waals surface area contributed by atoms with Gasteiger partial charge in [-0.2, -0.15) is 0 Å². The van der Waals surface area contributed by atoms with E-state index in [1.807, 2.05) is 51.8 Å². The van der Waals surface area contributed by atoms with Gasteiger partial charge in [-0.05, 0) is 37.0 Å². The number of aromatic nitrogens is 4. The van der Waals surface area contributed by atoms with Crippen molar-refractivity contribution in [3.05, 3.63) is 76.3 Å². The SMILES string of the molecule is O=C(CCc1nnc2n(CCc3ccccc3)c(=O)c3ccccc3n12)N1CCN(C2CCCCC2)CC1. The molecule has 1 aliphatic heterocycles. The normalized spacial score (nSPS) is 17.4. The highest BCUT2D eigenvalue weighted by molar-refractivity contribution is 5.80. The Kier molecular flexibility index (Phi) is 7.22. The molecule has 1 amide bonds. The topological polar surface area (TPSA) is 75.7 Å². The van der Waals surface area contributed by atoms with Gasteiger partial charge in [-0.15, -0.1) is 10.2 Å². The fraction of sp³-hybridized carbons (Fsp3) is 0.467. The molecule has 0 unspecified atom stereocenters. The van der Waals surface area contributed by atoms with Gasteiger partial charge in [0, 0.05) is 51.6 Å². The first kappa shape index (κ1) is 24.8. The van der Waals surface area contributed by atoms with Gasteiger partial charge in [0.05, 0.1) is 10.9 Å². The third-order valence-corrected chi connectivity index (χ3v) is 8.36. The van der Waals surface area contributed by atoms with Gasteiger partial charge < -0.3 is 4.90 Å². The Bertz CT molecular complexity index is 1460. The molecule has 1 saturated heterocycles. The van der Waals surface area contributed by atoms with Gasteiger partial charge in [0.1, 0.15) is 5.82 Å². The van der Waals surface area contributed by atoms with Crippen LogP contribution in [0.1, 0.15) is 49.9 Å². The molecule has 0 spiro atoms. The van der Waals surface area contributed by atoms with E-state index in [0.717, 1.165) is 43.9 Å². The third kappa shape index (κ3) is 4.97. The number of benzene rings is 2. The summed E-state index contributed by atoms with van der Waals surface area (Å²) in [6.45, 7) is 4.07. The monoisotopic (exact) mass is 512 g/mol. The smallest absolute Gasteiger partial charge is 0.262 e. The summed E-state index contributed by atoms with van der Waals surface area (Å²) < 4.78 is 3.69. The zero-order valence-corrected chi connectivity index (χ0v) is 22.0. The number of hydrogen-bond acceptors (Lipinski definition) is 5. The highest BCUT2D eigenvalue weighted by Crippen LogP contribution is 2.24. The third-order valence-electron chi connectivity index (χ3n) is 8.36. The molecule has 2 fully saturated rings. The number of hydrogen-bond donors (Lipinski definition) is 0. The summed E-state index contributed by atoms with van der Waals surface area (Å²) in [5.41, 5.74) is 1.89. The largest absolute Gasteiger partial charge is 0.340 e. The van der Waals surface area contributed by atoms with E-state index in [1.165, 1.54) is 37.7 Å². The van der Waals surface area contributed by atoms with Crippen molar-refractivity contribution in [2.75, 3.05) is 26.2 Å². The second kappa shape index (κ2) is 11.1. The molecule has 2 aliphatic rings. The first-order valence-corrected chi connectivity index (χ1v) is 14.1. The molecule has 2 aromatic carbocycles. The molecule has 8 nitrogen and oxygen atoms in total. The summed E-state index contributed by atoms with van der Waals surface area (Å²) in [6.07, 6.45) is 8.25. The maximum absolute atomic E-state index is 13.4. The quantitative estimate of drug-likeness (QED) is 0.378. The number of fused-ring (bicyclic) bond motifs is 3. The van der Waals surface area contributed by atoms with Gasteiger partial charge in [0.2, 0.25) is 11.7 Å². The minimum absolute atomic E-state index is 0.0603. The van der Waals surface area contributed by atoms with Crippen LogP contribution < -0.4 is 5.56 Å². The van der Waals surface area contributed by atoms with Gasteiger partial charge >= 0.3 is 0 Å². The van der Waals surface area contributed by atoms with E-state index < -0.39 is 0 Å². The van der Waals surface area contributed by atoms with Crippen LogP contribution in [0.15, 0.2) is 59.4 Å². The molecule has 0 bridgehead atoms. The lowest BCUT2D eigenvalue weighted by atomic mass is 9.94. The number of rotatable bonds is 7. The van der Waals surface area contributed by atoms with E-state index in [-0.39, 0.29) is 11.5 Å². The van der Waals surface area contributed by atoms with Crippen molar-refractivity contribution >= 4 is 22.6 Å². The molecular formula is C30H36N6O2. The highest BCUT2D eigenvalue weighted by atomic mass is 16.2. The van der Waals surface area contributed by atoms with Crippen LogP contribution in [-0.4, -0.2) is 67.1 Å². The van der Waals surface area contributed by atoms with E-state index in [2.05, 4.69) is 27.2 Å². The van der Waals surface area contributed by atoms with Crippen molar-refractivity contribution in [1.29, 1.82) is 0 Å². The van der Waals surface area contributed by atoms with Gasteiger partial charge in [-0.25, -0.2) is 0 Å².